The van der Waals surface area contributed by atoms with Crippen molar-refractivity contribution in [2.75, 3.05) is 33.4 Å². The Morgan fingerprint density at radius 3 is 2.92 bits per heavy atom. The van der Waals surface area contributed by atoms with Gasteiger partial charge in [-0.1, -0.05) is 23.8 Å². The summed E-state index contributed by atoms with van der Waals surface area (Å²) in [7, 11) is 1.78. The Morgan fingerprint density at radius 1 is 1.38 bits per heavy atom. The van der Waals surface area contributed by atoms with E-state index in [2.05, 4.69) is 37.6 Å². The second-order valence-electron chi connectivity index (χ2n) is 5.68. The van der Waals surface area contributed by atoms with Gasteiger partial charge >= 0.3 is 0 Å². The molecule has 132 valence electrons. The molecule has 0 fully saturated rings. The van der Waals surface area contributed by atoms with Crippen molar-refractivity contribution < 1.29 is 9.47 Å². The highest BCUT2D eigenvalue weighted by Crippen LogP contribution is 2.24. The zero-order valence-electron chi connectivity index (χ0n) is 14.3. The van der Waals surface area contributed by atoms with E-state index < -0.39 is 0 Å². The molecule has 5 nitrogen and oxygen atoms in total. The summed E-state index contributed by atoms with van der Waals surface area (Å²) in [5.41, 5.74) is 1.45. The molecule has 0 aromatic heterocycles. The maximum atomic E-state index is 5.92. The minimum atomic E-state index is 0.0282. The van der Waals surface area contributed by atoms with Gasteiger partial charge in [0.25, 0.3) is 0 Å². The fourth-order valence-corrected chi connectivity index (χ4v) is 2.77. The molecule has 0 radical (unpaired) electrons. The highest BCUT2D eigenvalue weighted by molar-refractivity contribution is 9.10. The van der Waals surface area contributed by atoms with Crippen LogP contribution in [-0.4, -0.2) is 45.4 Å². The normalized spacial score (nSPS) is 16.3. The van der Waals surface area contributed by atoms with Crippen LogP contribution in [0.1, 0.15) is 19.8 Å². The molecule has 1 aromatic carbocycles. The highest BCUT2D eigenvalue weighted by atomic mass is 79.9. The molecule has 24 heavy (non-hydrogen) atoms. The summed E-state index contributed by atoms with van der Waals surface area (Å²) in [5.74, 6) is 1.64. The van der Waals surface area contributed by atoms with E-state index in [1.54, 1.807) is 7.05 Å². The number of rotatable bonds is 7. The van der Waals surface area contributed by atoms with Gasteiger partial charge in [-0.2, -0.15) is 0 Å². The molecule has 0 saturated carbocycles. The maximum Gasteiger partial charge on any atom is 0.191 e. The van der Waals surface area contributed by atoms with Gasteiger partial charge in [-0.25, -0.2) is 0 Å². The number of benzene rings is 1. The zero-order valence-corrected chi connectivity index (χ0v) is 15.9. The quantitative estimate of drug-likeness (QED) is 0.423. The fourth-order valence-electron chi connectivity index (χ4n) is 2.39. The molecule has 1 heterocycles. The van der Waals surface area contributed by atoms with Crippen molar-refractivity contribution >= 4 is 21.9 Å². The molecule has 0 amide bonds. The number of guanidine groups is 1. The molecular formula is C18H26BrN3O2. The number of aliphatic imine (C=N–C) groups is 1. The first-order valence-corrected chi connectivity index (χ1v) is 9.09. The van der Waals surface area contributed by atoms with Crippen molar-refractivity contribution in [3.63, 3.8) is 0 Å². The molecule has 1 aliphatic rings. The van der Waals surface area contributed by atoms with Gasteiger partial charge in [0.1, 0.15) is 11.9 Å². The lowest BCUT2D eigenvalue weighted by Gasteiger charge is -2.19. The summed E-state index contributed by atoms with van der Waals surface area (Å²) < 4.78 is 12.2. The first-order chi connectivity index (χ1) is 11.7. The van der Waals surface area contributed by atoms with Crippen LogP contribution in [0.4, 0.5) is 0 Å². The molecule has 0 spiro atoms. The summed E-state index contributed by atoms with van der Waals surface area (Å²) in [6, 6.07) is 7.86. The van der Waals surface area contributed by atoms with Crippen molar-refractivity contribution in [2.24, 2.45) is 4.99 Å². The molecule has 0 bridgehead atoms. The second kappa shape index (κ2) is 10.4. The van der Waals surface area contributed by atoms with Gasteiger partial charge in [-0.05, 0) is 47.8 Å². The van der Waals surface area contributed by atoms with Crippen LogP contribution in [-0.2, 0) is 4.74 Å². The molecule has 2 rings (SSSR count). The molecule has 1 atom stereocenters. The number of nitrogens with zero attached hydrogens (tertiary/aromatic N) is 1. The Balaban J connectivity index is 1.69. The lowest BCUT2D eigenvalue weighted by atomic mass is 10.1. The van der Waals surface area contributed by atoms with E-state index in [0.717, 1.165) is 48.8 Å². The third kappa shape index (κ3) is 6.53. The van der Waals surface area contributed by atoms with Gasteiger partial charge in [-0.3, -0.25) is 4.99 Å². The van der Waals surface area contributed by atoms with E-state index in [9.17, 15) is 0 Å². The Hall–Kier alpha value is -1.53. The molecule has 1 unspecified atom stereocenters. The Morgan fingerprint density at radius 2 is 2.21 bits per heavy atom. The molecule has 0 aliphatic carbocycles. The lowest BCUT2D eigenvalue weighted by molar-refractivity contribution is 0.153. The summed E-state index contributed by atoms with van der Waals surface area (Å²) in [6.45, 7) is 5.16. The lowest BCUT2D eigenvalue weighted by Crippen LogP contribution is -2.42. The third-order valence-electron chi connectivity index (χ3n) is 3.74. The average Bonchev–Trinajstić information content (AvgIpc) is 2.61. The van der Waals surface area contributed by atoms with Crippen LogP contribution in [0.3, 0.4) is 0 Å². The van der Waals surface area contributed by atoms with E-state index in [1.807, 2.05) is 31.2 Å². The second-order valence-corrected chi connectivity index (χ2v) is 6.53. The number of nitrogens with one attached hydrogen (secondary N) is 2. The Bertz CT molecular complexity index is 575. The number of halogens is 1. The Kier molecular flexibility index (Phi) is 8.12. The summed E-state index contributed by atoms with van der Waals surface area (Å²) >= 11 is 3.49. The topological polar surface area (TPSA) is 54.9 Å². The summed E-state index contributed by atoms with van der Waals surface area (Å²) in [6.07, 6.45) is 4.26. The van der Waals surface area contributed by atoms with Gasteiger partial charge in [0, 0.05) is 13.6 Å². The van der Waals surface area contributed by atoms with Crippen molar-refractivity contribution in [3.05, 3.63) is 40.4 Å². The van der Waals surface area contributed by atoms with Crippen molar-refractivity contribution in [1.82, 2.24) is 10.6 Å². The van der Waals surface area contributed by atoms with Gasteiger partial charge < -0.3 is 20.1 Å². The molecule has 6 heteroatoms. The Labute approximate surface area is 152 Å². The minimum absolute atomic E-state index is 0.0282. The van der Waals surface area contributed by atoms with Crippen LogP contribution in [0.2, 0.25) is 0 Å². The van der Waals surface area contributed by atoms with Crippen molar-refractivity contribution in [2.45, 2.75) is 25.9 Å². The fraction of sp³-hybridized carbons (Fsp3) is 0.500. The van der Waals surface area contributed by atoms with Gasteiger partial charge in [-0.15, -0.1) is 0 Å². The van der Waals surface area contributed by atoms with Crippen molar-refractivity contribution in [3.8, 4) is 5.75 Å². The minimum Gasteiger partial charge on any atom is -0.488 e. The van der Waals surface area contributed by atoms with Crippen LogP contribution in [0.5, 0.6) is 5.75 Å². The van der Waals surface area contributed by atoms with Gasteiger partial charge in [0.05, 0.1) is 24.2 Å². The molecule has 2 N–H and O–H groups in total. The van der Waals surface area contributed by atoms with E-state index in [0.29, 0.717) is 6.54 Å². The number of para-hydroxylation sites is 1. The average molecular weight is 396 g/mol. The first-order valence-electron chi connectivity index (χ1n) is 8.30. The molecule has 1 aliphatic heterocycles. The number of hydrogen-bond donors (Lipinski definition) is 2. The van der Waals surface area contributed by atoms with Crippen molar-refractivity contribution in [1.29, 1.82) is 0 Å². The molecular weight excluding hydrogens is 370 g/mol. The predicted molar refractivity (Wildman–Crippen MR) is 102 cm³/mol. The van der Waals surface area contributed by atoms with E-state index in [-0.39, 0.29) is 6.10 Å². The van der Waals surface area contributed by atoms with Crippen LogP contribution in [0.15, 0.2) is 45.4 Å². The summed E-state index contributed by atoms with van der Waals surface area (Å²) in [4.78, 5) is 4.25. The largest absolute Gasteiger partial charge is 0.488 e. The van der Waals surface area contributed by atoms with Gasteiger partial charge in [0.15, 0.2) is 5.96 Å². The summed E-state index contributed by atoms with van der Waals surface area (Å²) in [5, 5.41) is 6.64. The van der Waals surface area contributed by atoms with Crippen LogP contribution < -0.4 is 15.4 Å². The van der Waals surface area contributed by atoms with E-state index in [1.165, 1.54) is 5.57 Å². The van der Waals surface area contributed by atoms with Crippen LogP contribution >= 0.6 is 15.9 Å². The van der Waals surface area contributed by atoms with Crippen LogP contribution in [0.25, 0.3) is 0 Å². The molecule has 1 aromatic rings. The maximum absolute atomic E-state index is 5.92. The smallest absolute Gasteiger partial charge is 0.191 e. The van der Waals surface area contributed by atoms with E-state index in [4.69, 9.17) is 9.47 Å². The zero-order chi connectivity index (χ0) is 17.2. The van der Waals surface area contributed by atoms with Gasteiger partial charge in [0.2, 0.25) is 0 Å². The first kappa shape index (κ1) is 18.8. The standard InChI is InChI=1S/C18H26BrN3O2/c1-14(24-17-6-4-3-5-16(17)19)13-22-18(20-2)21-10-7-15-8-11-23-12-9-15/h3-6,8,14H,7,9-13H2,1-2H3,(H2,20,21,22). The monoisotopic (exact) mass is 395 g/mol. The van der Waals surface area contributed by atoms with Crippen LogP contribution in [0, 0.1) is 0 Å². The third-order valence-corrected chi connectivity index (χ3v) is 4.40. The number of ether oxygens (including phenoxy) is 2. The van der Waals surface area contributed by atoms with E-state index >= 15 is 0 Å². The predicted octanol–water partition coefficient (Wildman–Crippen LogP) is 3.12. The SMILES string of the molecule is CN=C(NCCC1=CCOCC1)NCC(C)Oc1ccccc1Br. The number of hydrogen-bond acceptors (Lipinski definition) is 3. The highest BCUT2D eigenvalue weighted by Gasteiger charge is 2.08. The molecule has 0 saturated heterocycles.